The molecule has 2 aliphatic rings. The maximum atomic E-state index is 11.7. The number of amides is 2. The van der Waals surface area contributed by atoms with Crippen molar-refractivity contribution in [1.29, 1.82) is 0 Å². The Morgan fingerprint density at radius 3 is 3.00 bits per heavy atom. The first kappa shape index (κ1) is 13.3. The van der Waals surface area contributed by atoms with Crippen LogP contribution in [0.25, 0.3) is 0 Å². The number of carbonyl (C=O) groups excluding carboxylic acids is 2. The van der Waals surface area contributed by atoms with Crippen LogP contribution in [0.4, 0.5) is 0 Å². The molecule has 0 aromatic rings. The first-order valence-corrected chi connectivity index (χ1v) is 6.88. The molecule has 2 aliphatic heterocycles. The van der Waals surface area contributed by atoms with Crippen molar-refractivity contribution < 1.29 is 14.3 Å². The zero-order valence-electron chi connectivity index (χ0n) is 10.8. The second-order valence-corrected chi connectivity index (χ2v) is 5.14. The van der Waals surface area contributed by atoms with Gasteiger partial charge in [-0.2, -0.15) is 0 Å². The van der Waals surface area contributed by atoms with Gasteiger partial charge in [0, 0.05) is 32.7 Å². The lowest BCUT2D eigenvalue weighted by atomic mass is 9.99. The largest absolute Gasteiger partial charge is 0.381 e. The van der Waals surface area contributed by atoms with E-state index in [9.17, 15) is 9.59 Å². The van der Waals surface area contributed by atoms with Crippen LogP contribution in [0.5, 0.6) is 0 Å². The molecule has 2 rings (SSSR count). The van der Waals surface area contributed by atoms with E-state index in [1.165, 1.54) is 6.42 Å². The summed E-state index contributed by atoms with van der Waals surface area (Å²) in [6.45, 7) is 3.33. The second kappa shape index (κ2) is 6.73. The SMILES string of the molecule is O=C(CN1CCCC1=O)NCC[C@H]1CCCOC1. The molecular formula is C13H22N2O3. The van der Waals surface area contributed by atoms with E-state index in [1.54, 1.807) is 4.90 Å². The summed E-state index contributed by atoms with van der Waals surface area (Å²) in [7, 11) is 0. The first-order valence-electron chi connectivity index (χ1n) is 6.88. The number of rotatable bonds is 5. The van der Waals surface area contributed by atoms with Gasteiger partial charge in [0.25, 0.3) is 0 Å². The second-order valence-electron chi connectivity index (χ2n) is 5.14. The fourth-order valence-corrected chi connectivity index (χ4v) is 2.55. The van der Waals surface area contributed by atoms with Crippen molar-refractivity contribution >= 4 is 11.8 Å². The van der Waals surface area contributed by atoms with E-state index < -0.39 is 0 Å². The van der Waals surface area contributed by atoms with Crippen molar-refractivity contribution in [2.75, 3.05) is 32.8 Å². The molecule has 5 heteroatoms. The molecule has 102 valence electrons. The molecule has 1 N–H and O–H groups in total. The minimum Gasteiger partial charge on any atom is -0.381 e. The van der Waals surface area contributed by atoms with Crippen LogP contribution >= 0.6 is 0 Å². The highest BCUT2D eigenvalue weighted by Gasteiger charge is 2.22. The highest BCUT2D eigenvalue weighted by Crippen LogP contribution is 2.16. The topological polar surface area (TPSA) is 58.6 Å². The Kier molecular flexibility index (Phi) is 4.99. The van der Waals surface area contributed by atoms with Crippen LogP contribution in [0.3, 0.4) is 0 Å². The predicted octanol–water partition coefficient (Wildman–Crippen LogP) is 0.542. The third-order valence-electron chi connectivity index (χ3n) is 3.64. The summed E-state index contributed by atoms with van der Waals surface area (Å²) in [5.74, 6) is 0.639. The van der Waals surface area contributed by atoms with E-state index in [2.05, 4.69) is 5.32 Å². The van der Waals surface area contributed by atoms with Crippen molar-refractivity contribution in [1.82, 2.24) is 10.2 Å². The van der Waals surface area contributed by atoms with Gasteiger partial charge < -0.3 is 15.0 Å². The van der Waals surface area contributed by atoms with Gasteiger partial charge in [-0.1, -0.05) is 0 Å². The Labute approximate surface area is 108 Å². The lowest BCUT2D eigenvalue weighted by molar-refractivity contribution is -0.133. The minimum absolute atomic E-state index is 0.0398. The van der Waals surface area contributed by atoms with Gasteiger partial charge >= 0.3 is 0 Å². The van der Waals surface area contributed by atoms with Crippen LogP contribution in [0, 0.1) is 5.92 Å². The van der Waals surface area contributed by atoms with Crippen molar-refractivity contribution in [2.45, 2.75) is 32.1 Å². The number of carbonyl (C=O) groups is 2. The zero-order chi connectivity index (χ0) is 12.8. The average Bonchev–Trinajstić information content (AvgIpc) is 2.76. The summed E-state index contributed by atoms with van der Waals surface area (Å²) >= 11 is 0. The Bertz CT molecular complexity index is 301. The first-order chi connectivity index (χ1) is 8.75. The van der Waals surface area contributed by atoms with Gasteiger partial charge in [-0.3, -0.25) is 9.59 Å². The van der Waals surface area contributed by atoms with Gasteiger partial charge in [0.15, 0.2) is 0 Å². The van der Waals surface area contributed by atoms with Crippen molar-refractivity contribution in [3.05, 3.63) is 0 Å². The molecule has 2 amide bonds. The Morgan fingerprint density at radius 1 is 1.44 bits per heavy atom. The zero-order valence-corrected chi connectivity index (χ0v) is 10.8. The quantitative estimate of drug-likeness (QED) is 0.779. The third kappa shape index (κ3) is 3.98. The highest BCUT2D eigenvalue weighted by molar-refractivity contribution is 5.85. The summed E-state index contributed by atoms with van der Waals surface area (Å²) in [4.78, 5) is 24.6. The van der Waals surface area contributed by atoms with E-state index in [0.29, 0.717) is 18.9 Å². The smallest absolute Gasteiger partial charge is 0.239 e. The molecule has 0 aromatic heterocycles. The van der Waals surface area contributed by atoms with Crippen molar-refractivity contribution in [3.8, 4) is 0 Å². The number of hydrogen-bond donors (Lipinski definition) is 1. The fraction of sp³-hybridized carbons (Fsp3) is 0.846. The Morgan fingerprint density at radius 2 is 2.33 bits per heavy atom. The molecule has 0 spiro atoms. The number of likely N-dealkylation sites (tertiary alicyclic amines) is 1. The molecule has 0 saturated carbocycles. The monoisotopic (exact) mass is 254 g/mol. The molecule has 0 aliphatic carbocycles. The molecule has 2 saturated heterocycles. The maximum Gasteiger partial charge on any atom is 0.239 e. The van der Waals surface area contributed by atoms with Crippen LogP contribution < -0.4 is 5.32 Å². The maximum absolute atomic E-state index is 11.7. The number of hydrogen-bond acceptors (Lipinski definition) is 3. The molecule has 0 bridgehead atoms. The number of nitrogens with zero attached hydrogens (tertiary/aromatic N) is 1. The van der Waals surface area contributed by atoms with Gasteiger partial charge in [0.05, 0.1) is 6.54 Å². The molecule has 0 aromatic carbocycles. The van der Waals surface area contributed by atoms with E-state index in [-0.39, 0.29) is 18.4 Å². The van der Waals surface area contributed by atoms with Gasteiger partial charge in [0.1, 0.15) is 0 Å². The summed E-state index contributed by atoms with van der Waals surface area (Å²) in [5.41, 5.74) is 0. The number of nitrogens with one attached hydrogen (secondary N) is 1. The summed E-state index contributed by atoms with van der Waals surface area (Å²) in [5, 5.41) is 2.89. The van der Waals surface area contributed by atoms with E-state index in [4.69, 9.17) is 4.74 Å². The summed E-state index contributed by atoms with van der Waals surface area (Å²) in [6, 6.07) is 0. The molecule has 1 atom stereocenters. The summed E-state index contributed by atoms with van der Waals surface area (Å²) in [6.07, 6.45) is 4.76. The van der Waals surface area contributed by atoms with Gasteiger partial charge in [-0.05, 0) is 31.6 Å². The van der Waals surface area contributed by atoms with E-state index in [1.807, 2.05) is 0 Å². The van der Waals surface area contributed by atoms with Gasteiger partial charge in [-0.25, -0.2) is 0 Å². The van der Waals surface area contributed by atoms with Crippen LogP contribution in [0.1, 0.15) is 32.1 Å². The van der Waals surface area contributed by atoms with Crippen LogP contribution in [0.15, 0.2) is 0 Å². The molecular weight excluding hydrogens is 232 g/mol. The average molecular weight is 254 g/mol. The lowest BCUT2D eigenvalue weighted by Gasteiger charge is -2.22. The van der Waals surface area contributed by atoms with Crippen molar-refractivity contribution in [2.24, 2.45) is 5.92 Å². The van der Waals surface area contributed by atoms with Crippen LogP contribution in [-0.4, -0.2) is 49.6 Å². The molecule has 0 radical (unpaired) electrons. The standard InChI is InChI=1S/C13H22N2O3/c16-12(9-15-7-1-4-13(15)17)14-6-5-11-3-2-8-18-10-11/h11H,1-10H2,(H,14,16)/t11-/m1/s1. The molecule has 2 heterocycles. The predicted molar refractivity (Wildman–Crippen MR) is 67.0 cm³/mol. The van der Waals surface area contributed by atoms with Gasteiger partial charge in [-0.15, -0.1) is 0 Å². The normalized spacial score (nSPS) is 24.3. The Hall–Kier alpha value is -1.10. The van der Waals surface area contributed by atoms with Crippen molar-refractivity contribution in [3.63, 3.8) is 0 Å². The Balaban J connectivity index is 1.58. The minimum atomic E-state index is -0.0398. The van der Waals surface area contributed by atoms with Crippen LogP contribution in [-0.2, 0) is 14.3 Å². The van der Waals surface area contributed by atoms with E-state index in [0.717, 1.165) is 39.0 Å². The molecule has 2 fully saturated rings. The lowest BCUT2D eigenvalue weighted by Crippen LogP contribution is -2.38. The number of ether oxygens (including phenoxy) is 1. The van der Waals surface area contributed by atoms with E-state index >= 15 is 0 Å². The molecule has 0 unspecified atom stereocenters. The molecule has 18 heavy (non-hydrogen) atoms. The third-order valence-corrected chi connectivity index (χ3v) is 3.64. The van der Waals surface area contributed by atoms with Gasteiger partial charge in [0.2, 0.25) is 11.8 Å². The fourth-order valence-electron chi connectivity index (χ4n) is 2.55. The van der Waals surface area contributed by atoms with Crippen LogP contribution in [0.2, 0.25) is 0 Å². The molecule has 5 nitrogen and oxygen atoms in total. The summed E-state index contributed by atoms with van der Waals surface area (Å²) < 4.78 is 5.40. The highest BCUT2D eigenvalue weighted by atomic mass is 16.5.